The van der Waals surface area contributed by atoms with E-state index in [4.69, 9.17) is 10.5 Å². The van der Waals surface area contributed by atoms with Crippen LogP contribution in [0.4, 0.5) is 5.00 Å². The van der Waals surface area contributed by atoms with Crippen LogP contribution >= 0.6 is 11.3 Å². The third-order valence-electron chi connectivity index (χ3n) is 4.33. The lowest BCUT2D eigenvalue weighted by Crippen LogP contribution is -2.19. The van der Waals surface area contributed by atoms with Gasteiger partial charge in [-0.1, -0.05) is 6.92 Å². The number of rotatable bonds is 4. The highest BCUT2D eigenvalue weighted by molar-refractivity contribution is 7.17. The van der Waals surface area contributed by atoms with Crippen LogP contribution in [0.3, 0.4) is 0 Å². The Morgan fingerprint density at radius 2 is 2.00 bits per heavy atom. The average Bonchev–Trinajstić information content (AvgIpc) is 2.92. The van der Waals surface area contributed by atoms with E-state index in [1.54, 1.807) is 31.4 Å². The molecule has 126 valence electrons. The Balaban J connectivity index is 1.89. The summed E-state index contributed by atoms with van der Waals surface area (Å²) in [6, 6.07) is 6.83. The first kappa shape index (κ1) is 16.5. The van der Waals surface area contributed by atoms with Crippen LogP contribution < -0.4 is 15.8 Å². The van der Waals surface area contributed by atoms with E-state index >= 15 is 0 Å². The zero-order valence-corrected chi connectivity index (χ0v) is 14.5. The first-order chi connectivity index (χ1) is 11.5. The Hall–Kier alpha value is -2.34. The van der Waals surface area contributed by atoms with Gasteiger partial charge in [0.25, 0.3) is 11.8 Å². The average molecular weight is 344 g/mol. The summed E-state index contributed by atoms with van der Waals surface area (Å²) in [5.41, 5.74) is 7.57. The number of nitrogens with two attached hydrogens (primary N) is 1. The Bertz CT molecular complexity index is 780. The SMILES string of the molecule is COc1ccc(C(=O)Nc2sc3c(c2C(N)=O)CC(C)CC3)cc1. The number of benzene rings is 1. The molecule has 1 aliphatic carbocycles. The normalized spacial score (nSPS) is 16.3. The summed E-state index contributed by atoms with van der Waals surface area (Å²) in [5.74, 6) is 0.471. The number of carbonyl (C=O) groups is 2. The number of primary amides is 1. The molecule has 1 unspecified atom stereocenters. The van der Waals surface area contributed by atoms with Crippen molar-refractivity contribution in [2.24, 2.45) is 11.7 Å². The highest BCUT2D eigenvalue weighted by Crippen LogP contribution is 2.39. The number of fused-ring (bicyclic) bond motifs is 1. The molecular weight excluding hydrogens is 324 g/mol. The number of amides is 2. The Kier molecular flexibility index (Phi) is 4.57. The molecule has 0 aliphatic heterocycles. The van der Waals surface area contributed by atoms with Gasteiger partial charge in [0.05, 0.1) is 12.7 Å². The molecule has 1 aliphatic rings. The van der Waals surface area contributed by atoms with Crippen molar-refractivity contribution in [1.82, 2.24) is 0 Å². The highest BCUT2D eigenvalue weighted by atomic mass is 32.1. The highest BCUT2D eigenvalue weighted by Gasteiger charge is 2.27. The molecule has 2 aromatic rings. The lowest BCUT2D eigenvalue weighted by molar-refractivity contribution is 0.1000. The quantitative estimate of drug-likeness (QED) is 0.893. The van der Waals surface area contributed by atoms with E-state index in [1.165, 1.54) is 11.3 Å². The summed E-state index contributed by atoms with van der Waals surface area (Å²) >= 11 is 1.47. The van der Waals surface area contributed by atoms with Crippen molar-refractivity contribution >= 4 is 28.2 Å². The van der Waals surface area contributed by atoms with Gasteiger partial charge in [-0.3, -0.25) is 9.59 Å². The Morgan fingerprint density at radius 3 is 2.62 bits per heavy atom. The smallest absolute Gasteiger partial charge is 0.256 e. The van der Waals surface area contributed by atoms with E-state index in [-0.39, 0.29) is 5.91 Å². The number of hydrogen-bond acceptors (Lipinski definition) is 4. The molecule has 2 amide bonds. The molecule has 1 atom stereocenters. The summed E-state index contributed by atoms with van der Waals surface area (Å²) in [6.07, 6.45) is 2.86. The molecule has 0 bridgehead atoms. The molecule has 6 heteroatoms. The van der Waals surface area contributed by atoms with E-state index < -0.39 is 5.91 Å². The minimum atomic E-state index is -0.480. The van der Waals surface area contributed by atoms with E-state index in [1.807, 2.05) is 0 Å². The van der Waals surface area contributed by atoms with Crippen molar-refractivity contribution in [2.75, 3.05) is 12.4 Å². The minimum absolute atomic E-state index is 0.258. The van der Waals surface area contributed by atoms with Crippen molar-refractivity contribution < 1.29 is 14.3 Å². The van der Waals surface area contributed by atoms with Gasteiger partial charge in [0.1, 0.15) is 10.8 Å². The zero-order valence-electron chi connectivity index (χ0n) is 13.7. The molecule has 0 radical (unpaired) electrons. The van der Waals surface area contributed by atoms with Crippen molar-refractivity contribution in [2.45, 2.75) is 26.2 Å². The maximum Gasteiger partial charge on any atom is 0.256 e. The number of methoxy groups -OCH3 is 1. The molecule has 1 aromatic carbocycles. The summed E-state index contributed by atoms with van der Waals surface area (Å²) in [4.78, 5) is 25.6. The maximum atomic E-state index is 12.5. The van der Waals surface area contributed by atoms with E-state index in [0.717, 1.165) is 29.7 Å². The number of hydrogen-bond donors (Lipinski definition) is 2. The van der Waals surface area contributed by atoms with Crippen molar-refractivity contribution in [3.05, 3.63) is 45.8 Å². The molecule has 3 rings (SSSR count). The molecule has 0 fully saturated rings. The van der Waals surface area contributed by atoms with E-state index in [0.29, 0.717) is 27.8 Å². The van der Waals surface area contributed by atoms with E-state index in [2.05, 4.69) is 12.2 Å². The van der Waals surface area contributed by atoms with Crippen molar-refractivity contribution in [1.29, 1.82) is 0 Å². The molecule has 1 heterocycles. The van der Waals surface area contributed by atoms with Crippen molar-refractivity contribution in [3.8, 4) is 5.75 Å². The largest absolute Gasteiger partial charge is 0.497 e. The van der Waals surface area contributed by atoms with E-state index in [9.17, 15) is 9.59 Å². The zero-order chi connectivity index (χ0) is 17.3. The van der Waals surface area contributed by atoms with Crippen molar-refractivity contribution in [3.63, 3.8) is 0 Å². The van der Waals surface area contributed by atoms with Crippen LogP contribution in [0, 0.1) is 5.92 Å². The van der Waals surface area contributed by atoms with Gasteiger partial charge >= 0.3 is 0 Å². The lowest BCUT2D eigenvalue weighted by atomic mass is 9.87. The van der Waals surface area contributed by atoms with Gasteiger partial charge in [0, 0.05) is 10.4 Å². The topological polar surface area (TPSA) is 81.4 Å². The van der Waals surface area contributed by atoms with Crippen LogP contribution in [-0.4, -0.2) is 18.9 Å². The second-order valence-corrected chi connectivity index (χ2v) is 7.21. The Morgan fingerprint density at radius 1 is 1.29 bits per heavy atom. The molecular formula is C18H20N2O3S. The fraction of sp³-hybridized carbons (Fsp3) is 0.333. The van der Waals surface area contributed by atoms with Crippen LogP contribution in [0.1, 0.15) is 44.5 Å². The summed E-state index contributed by atoms with van der Waals surface area (Å²) in [5, 5.41) is 3.41. The molecule has 0 spiro atoms. The van der Waals surface area contributed by atoms with Gasteiger partial charge in [-0.25, -0.2) is 0 Å². The van der Waals surface area contributed by atoms with Crippen LogP contribution in [0.15, 0.2) is 24.3 Å². The number of anilines is 1. The molecule has 0 saturated carbocycles. The number of nitrogens with one attached hydrogen (secondary N) is 1. The summed E-state index contributed by atoms with van der Waals surface area (Å²) in [6.45, 7) is 2.17. The second-order valence-electron chi connectivity index (χ2n) is 6.10. The van der Waals surface area contributed by atoms with Crippen LogP contribution in [-0.2, 0) is 12.8 Å². The molecule has 1 aromatic heterocycles. The molecule has 3 N–H and O–H groups in total. The van der Waals surface area contributed by atoms with Gasteiger partial charge < -0.3 is 15.8 Å². The third kappa shape index (κ3) is 3.14. The number of carbonyl (C=O) groups excluding carboxylic acids is 2. The van der Waals surface area contributed by atoms with Gasteiger partial charge in [0.15, 0.2) is 0 Å². The standard InChI is InChI=1S/C18H20N2O3S/c1-10-3-8-14-13(9-10)15(16(19)21)18(24-14)20-17(22)11-4-6-12(23-2)7-5-11/h4-7,10H,3,8-9H2,1-2H3,(H2,19,21)(H,20,22). The predicted octanol–water partition coefficient (Wildman–Crippen LogP) is 3.23. The van der Waals surface area contributed by atoms with Gasteiger partial charge in [0.2, 0.25) is 0 Å². The van der Waals surface area contributed by atoms with Gasteiger partial charge in [-0.15, -0.1) is 11.3 Å². The van der Waals surface area contributed by atoms with Gasteiger partial charge in [-0.2, -0.15) is 0 Å². The summed E-state index contributed by atoms with van der Waals surface area (Å²) in [7, 11) is 1.57. The first-order valence-corrected chi connectivity index (χ1v) is 8.71. The van der Waals surface area contributed by atoms with Crippen LogP contribution in [0.25, 0.3) is 0 Å². The molecule has 5 nitrogen and oxygen atoms in total. The number of ether oxygens (including phenoxy) is 1. The summed E-state index contributed by atoms with van der Waals surface area (Å²) < 4.78 is 5.09. The minimum Gasteiger partial charge on any atom is -0.497 e. The lowest BCUT2D eigenvalue weighted by Gasteiger charge is -2.18. The first-order valence-electron chi connectivity index (χ1n) is 7.89. The third-order valence-corrected chi connectivity index (χ3v) is 5.54. The van der Waals surface area contributed by atoms with Gasteiger partial charge in [-0.05, 0) is 55.0 Å². The molecule has 24 heavy (non-hydrogen) atoms. The number of aryl methyl sites for hydroxylation is 1. The fourth-order valence-electron chi connectivity index (χ4n) is 3.02. The number of thiophene rings is 1. The molecule has 0 saturated heterocycles. The Labute approximate surface area is 144 Å². The second kappa shape index (κ2) is 6.65. The van der Waals surface area contributed by atoms with Crippen LogP contribution in [0.2, 0.25) is 0 Å². The monoisotopic (exact) mass is 344 g/mol. The maximum absolute atomic E-state index is 12.5. The van der Waals surface area contributed by atoms with Crippen LogP contribution in [0.5, 0.6) is 5.75 Å². The fourth-order valence-corrected chi connectivity index (χ4v) is 4.27. The predicted molar refractivity (Wildman–Crippen MR) is 95.0 cm³/mol.